The number of fused-ring (bicyclic) bond motifs is 9. The zero-order valence-corrected chi connectivity index (χ0v) is 33.5. The SMILES string of the molecule is [2H]c1c([2H])c([2H])c(-c2ccc3oc4c(-c5nc(-c6ccccc6)nc(-c6ccc7c8ccccc8n(-c8ccccc8)c7c6)n5)cc(-n5c6ccccc6c6ccccc65)cc4c3c2)c([2H])c1[2H]. The zero-order valence-electron chi connectivity index (χ0n) is 38.5. The van der Waals surface area contributed by atoms with Crippen molar-refractivity contribution >= 4 is 65.6 Å². The summed E-state index contributed by atoms with van der Waals surface area (Å²) in [5.74, 6) is 1.37. The average Bonchev–Trinajstić information content (AvgIpc) is 4.05. The molecule has 13 aromatic rings. The molecule has 4 heterocycles. The van der Waals surface area contributed by atoms with Crippen LogP contribution in [0.3, 0.4) is 0 Å². The van der Waals surface area contributed by atoms with Gasteiger partial charge in [-0.1, -0.05) is 152 Å². The normalized spacial score (nSPS) is 12.9. The highest BCUT2D eigenvalue weighted by molar-refractivity contribution is 6.14. The van der Waals surface area contributed by atoms with Gasteiger partial charge < -0.3 is 13.6 Å². The summed E-state index contributed by atoms with van der Waals surface area (Å²) in [5.41, 5.74) is 9.91. The molecule has 0 N–H and O–H groups in total. The first-order valence-corrected chi connectivity index (χ1v) is 20.8. The van der Waals surface area contributed by atoms with E-state index in [1.807, 2.05) is 78.9 Å². The van der Waals surface area contributed by atoms with Crippen molar-refractivity contribution in [3.63, 3.8) is 0 Å². The number of benzene rings is 9. The second-order valence-corrected chi connectivity index (χ2v) is 15.6. The second kappa shape index (κ2) is 14.0. The molecule has 0 atom stereocenters. The van der Waals surface area contributed by atoms with Crippen molar-refractivity contribution < 1.29 is 11.3 Å². The standard InChI is InChI=1S/C57H35N5O/c1-4-16-36(17-5-1)38-29-31-53-46(32-38)47-34-41(62-50-26-14-10-22-42(50)43-23-11-15-27-51(43)62)35-48(54(47)63-53)57-59-55(37-18-6-2-7-19-37)58-56(60-57)39-28-30-45-44-24-12-13-25-49(44)61(52(45)33-39)40-20-8-3-9-21-40/h1-35H/i1D,4D,5D,16D,17D. The molecule has 294 valence electrons. The first kappa shape index (κ1) is 30.4. The average molecular weight is 811 g/mol. The van der Waals surface area contributed by atoms with Gasteiger partial charge in [0.25, 0.3) is 0 Å². The molecule has 13 rings (SSSR count). The summed E-state index contributed by atoms with van der Waals surface area (Å²) < 4.78 is 54.1. The highest BCUT2D eigenvalue weighted by Gasteiger charge is 2.23. The summed E-state index contributed by atoms with van der Waals surface area (Å²) >= 11 is 0. The Hall–Kier alpha value is -8.61. The number of aromatic nitrogens is 5. The van der Waals surface area contributed by atoms with Crippen LogP contribution in [0.2, 0.25) is 0 Å². The summed E-state index contributed by atoms with van der Waals surface area (Å²) in [4.78, 5) is 15.8. The molecule has 0 aliphatic heterocycles. The summed E-state index contributed by atoms with van der Waals surface area (Å²) in [6.07, 6.45) is 0. The van der Waals surface area contributed by atoms with Crippen LogP contribution in [-0.4, -0.2) is 24.1 Å². The van der Waals surface area contributed by atoms with Crippen molar-refractivity contribution in [2.45, 2.75) is 0 Å². The third-order valence-corrected chi connectivity index (χ3v) is 12.0. The van der Waals surface area contributed by atoms with Crippen LogP contribution in [0.15, 0.2) is 217 Å². The number of hydrogen-bond donors (Lipinski definition) is 0. The van der Waals surface area contributed by atoms with E-state index in [1.165, 1.54) is 0 Å². The van der Waals surface area contributed by atoms with Crippen LogP contribution in [0.25, 0.3) is 122 Å². The Morgan fingerprint density at radius 3 is 1.60 bits per heavy atom. The molecule has 6 heteroatoms. The van der Waals surface area contributed by atoms with Crippen molar-refractivity contribution in [2.75, 3.05) is 0 Å². The molecule has 4 aromatic heterocycles. The quantitative estimate of drug-likeness (QED) is 0.168. The number of rotatable bonds is 6. The van der Waals surface area contributed by atoms with Gasteiger partial charge >= 0.3 is 0 Å². The van der Waals surface area contributed by atoms with Crippen LogP contribution in [0.1, 0.15) is 6.85 Å². The minimum absolute atomic E-state index is 0.115. The van der Waals surface area contributed by atoms with Gasteiger partial charge in [0.1, 0.15) is 11.2 Å². The second-order valence-electron chi connectivity index (χ2n) is 15.6. The Balaban J connectivity index is 1.11. The van der Waals surface area contributed by atoms with E-state index in [-0.39, 0.29) is 17.6 Å². The maximum absolute atomic E-state index is 8.82. The molecule has 0 radical (unpaired) electrons. The highest BCUT2D eigenvalue weighted by atomic mass is 16.3. The van der Waals surface area contributed by atoms with E-state index < -0.39 is 18.1 Å². The molecular weight excluding hydrogens is 771 g/mol. The van der Waals surface area contributed by atoms with Crippen molar-refractivity contribution in [3.05, 3.63) is 212 Å². The van der Waals surface area contributed by atoms with Gasteiger partial charge in [0.2, 0.25) is 0 Å². The van der Waals surface area contributed by atoms with Crippen LogP contribution >= 0.6 is 0 Å². The molecule has 0 fully saturated rings. The summed E-state index contributed by atoms with van der Waals surface area (Å²) in [6, 6.07) is 59.5. The number of furan rings is 1. The van der Waals surface area contributed by atoms with E-state index in [1.54, 1.807) is 12.1 Å². The van der Waals surface area contributed by atoms with Crippen molar-refractivity contribution in [1.82, 2.24) is 24.1 Å². The molecule has 0 saturated heterocycles. The molecule has 6 nitrogen and oxygen atoms in total. The Kier molecular flexibility index (Phi) is 6.75. The van der Waals surface area contributed by atoms with Crippen LogP contribution in [0, 0.1) is 0 Å². The number of hydrogen-bond acceptors (Lipinski definition) is 4. The van der Waals surface area contributed by atoms with Gasteiger partial charge in [-0.05, 0) is 71.8 Å². The van der Waals surface area contributed by atoms with E-state index in [2.05, 4.69) is 100 Å². The largest absolute Gasteiger partial charge is 0.455 e. The minimum Gasteiger partial charge on any atom is -0.455 e. The molecule has 9 aromatic carbocycles. The first-order valence-electron chi connectivity index (χ1n) is 23.3. The molecule has 0 saturated carbocycles. The fourth-order valence-electron chi connectivity index (χ4n) is 9.22. The van der Waals surface area contributed by atoms with E-state index in [4.69, 9.17) is 26.2 Å². The summed E-state index contributed by atoms with van der Waals surface area (Å²) in [7, 11) is 0. The molecular formula is C57H35N5O. The zero-order chi connectivity index (χ0) is 45.8. The van der Waals surface area contributed by atoms with Crippen molar-refractivity contribution in [3.8, 4) is 56.7 Å². The van der Waals surface area contributed by atoms with Gasteiger partial charge in [0.15, 0.2) is 17.5 Å². The predicted octanol–water partition coefficient (Wildman–Crippen LogP) is 14.6. The summed E-state index contributed by atoms with van der Waals surface area (Å²) in [6.45, 7) is 0. The van der Waals surface area contributed by atoms with Gasteiger partial charge in [0, 0.05) is 54.8 Å². The molecule has 0 spiro atoms. The summed E-state index contributed by atoms with van der Waals surface area (Å²) in [5, 5.41) is 5.88. The molecule has 0 aliphatic rings. The van der Waals surface area contributed by atoms with Gasteiger partial charge in [-0.2, -0.15) is 0 Å². The van der Waals surface area contributed by atoms with E-state index in [0.717, 1.165) is 71.5 Å². The third kappa shape index (κ3) is 5.62. The Morgan fingerprint density at radius 1 is 0.365 bits per heavy atom. The van der Waals surface area contributed by atoms with Crippen LogP contribution in [-0.2, 0) is 0 Å². The maximum atomic E-state index is 8.82. The van der Waals surface area contributed by atoms with E-state index in [9.17, 15) is 0 Å². The van der Waals surface area contributed by atoms with Gasteiger partial charge in [-0.15, -0.1) is 0 Å². The number of nitrogens with zero attached hydrogens (tertiary/aromatic N) is 5. The lowest BCUT2D eigenvalue weighted by atomic mass is 10.0. The molecule has 0 bridgehead atoms. The third-order valence-electron chi connectivity index (χ3n) is 12.0. The fraction of sp³-hybridized carbons (Fsp3) is 0. The van der Waals surface area contributed by atoms with Crippen molar-refractivity contribution in [1.29, 1.82) is 0 Å². The molecule has 0 unspecified atom stereocenters. The molecule has 63 heavy (non-hydrogen) atoms. The van der Waals surface area contributed by atoms with Crippen LogP contribution < -0.4 is 0 Å². The Morgan fingerprint density at radius 2 is 0.921 bits per heavy atom. The predicted molar refractivity (Wildman–Crippen MR) is 258 cm³/mol. The lowest BCUT2D eigenvalue weighted by molar-refractivity contribution is 0.669. The minimum atomic E-state index is -0.441. The van der Waals surface area contributed by atoms with Gasteiger partial charge in [-0.25, -0.2) is 15.0 Å². The van der Waals surface area contributed by atoms with E-state index >= 15 is 0 Å². The fourth-order valence-corrected chi connectivity index (χ4v) is 9.22. The molecule has 0 amide bonds. The number of para-hydroxylation sites is 4. The van der Waals surface area contributed by atoms with Crippen LogP contribution in [0.5, 0.6) is 0 Å². The molecule has 0 aliphatic carbocycles. The van der Waals surface area contributed by atoms with Crippen LogP contribution in [0.4, 0.5) is 0 Å². The first-order chi connectivity index (χ1) is 33.3. The lowest BCUT2D eigenvalue weighted by Crippen LogP contribution is -2.02. The maximum Gasteiger partial charge on any atom is 0.167 e. The lowest BCUT2D eigenvalue weighted by Gasteiger charge is -2.13. The van der Waals surface area contributed by atoms with Crippen molar-refractivity contribution in [2.24, 2.45) is 0 Å². The topological polar surface area (TPSA) is 61.7 Å². The van der Waals surface area contributed by atoms with E-state index in [0.29, 0.717) is 45.2 Å². The van der Waals surface area contributed by atoms with Gasteiger partial charge in [-0.3, -0.25) is 0 Å². The smallest absolute Gasteiger partial charge is 0.167 e. The van der Waals surface area contributed by atoms with Gasteiger partial charge in [0.05, 0.1) is 34.5 Å². The monoisotopic (exact) mass is 810 g/mol. The highest BCUT2D eigenvalue weighted by Crippen LogP contribution is 2.42. The Bertz CT molecular complexity index is 4140. The Labute approximate surface area is 368 Å².